The largest absolute Gasteiger partial charge is 0.345 e. The fourth-order valence-corrected chi connectivity index (χ4v) is 2.21. The smallest absolute Gasteiger partial charge is 0.240 e. The number of pyridine rings is 1. The van der Waals surface area contributed by atoms with Crippen molar-refractivity contribution in [3.05, 3.63) is 30.2 Å². The van der Waals surface area contributed by atoms with Gasteiger partial charge in [0.25, 0.3) is 0 Å². The number of fused-ring (bicyclic) bond motifs is 1. The molecule has 0 radical (unpaired) electrons. The zero-order valence-corrected chi connectivity index (χ0v) is 12.1. The lowest BCUT2D eigenvalue weighted by atomic mass is 9.96. The number of nitrogens with zero attached hydrogens (tertiary/aromatic N) is 3. The van der Waals surface area contributed by atoms with E-state index < -0.39 is 5.54 Å². The second kappa shape index (κ2) is 5.58. The van der Waals surface area contributed by atoms with Crippen molar-refractivity contribution in [3.63, 3.8) is 0 Å². The van der Waals surface area contributed by atoms with Crippen molar-refractivity contribution in [2.75, 3.05) is 0 Å². The Labute approximate surface area is 118 Å². The average Bonchev–Trinajstić information content (AvgIpc) is 2.82. The van der Waals surface area contributed by atoms with E-state index in [0.29, 0.717) is 12.2 Å². The highest BCUT2D eigenvalue weighted by molar-refractivity contribution is 5.85. The first kappa shape index (κ1) is 14.5. The lowest BCUT2D eigenvalue weighted by molar-refractivity contribution is -0.126. The molecule has 0 fully saturated rings. The van der Waals surface area contributed by atoms with Crippen LogP contribution < -0.4 is 11.1 Å². The highest BCUT2D eigenvalue weighted by atomic mass is 16.2. The number of nitrogens with two attached hydrogens (primary N) is 1. The van der Waals surface area contributed by atoms with Crippen molar-refractivity contribution < 1.29 is 4.79 Å². The van der Waals surface area contributed by atoms with Gasteiger partial charge in [-0.2, -0.15) is 0 Å². The monoisotopic (exact) mass is 275 g/mol. The number of rotatable bonds is 5. The van der Waals surface area contributed by atoms with E-state index in [1.807, 2.05) is 42.6 Å². The third-order valence-electron chi connectivity index (χ3n) is 3.36. The van der Waals surface area contributed by atoms with E-state index in [2.05, 4.69) is 15.5 Å². The van der Waals surface area contributed by atoms with Gasteiger partial charge in [0.1, 0.15) is 0 Å². The van der Waals surface area contributed by atoms with Gasteiger partial charge in [-0.25, -0.2) is 0 Å². The predicted octanol–water partition coefficient (Wildman–Crippen LogP) is 1.42. The maximum absolute atomic E-state index is 12.2. The molecule has 2 rings (SSSR count). The molecule has 20 heavy (non-hydrogen) atoms. The summed E-state index contributed by atoms with van der Waals surface area (Å²) in [6, 6.07) is 5.42. The van der Waals surface area contributed by atoms with Crippen LogP contribution in [-0.4, -0.2) is 26.0 Å². The van der Waals surface area contributed by atoms with Gasteiger partial charge < -0.3 is 11.1 Å². The minimum Gasteiger partial charge on any atom is -0.345 e. The van der Waals surface area contributed by atoms with Crippen LogP contribution in [0.1, 0.15) is 45.5 Å². The van der Waals surface area contributed by atoms with E-state index in [4.69, 9.17) is 5.73 Å². The SMILES string of the molecule is CCCC(C)(N)C(=O)NC(C)c1nnc2ccccn12. The van der Waals surface area contributed by atoms with E-state index in [9.17, 15) is 4.79 Å². The van der Waals surface area contributed by atoms with Gasteiger partial charge in [-0.05, 0) is 32.4 Å². The average molecular weight is 275 g/mol. The van der Waals surface area contributed by atoms with Gasteiger partial charge in [-0.3, -0.25) is 9.20 Å². The summed E-state index contributed by atoms with van der Waals surface area (Å²) >= 11 is 0. The van der Waals surface area contributed by atoms with Crippen molar-refractivity contribution in [1.29, 1.82) is 0 Å². The lowest BCUT2D eigenvalue weighted by Crippen LogP contribution is -2.52. The van der Waals surface area contributed by atoms with E-state index in [-0.39, 0.29) is 11.9 Å². The molecule has 1 amide bonds. The summed E-state index contributed by atoms with van der Waals surface area (Å²) in [5, 5.41) is 11.1. The Morgan fingerprint density at radius 2 is 2.25 bits per heavy atom. The highest BCUT2D eigenvalue weighted by Crippen LogP contribution is 2.15. The summed E-state index contributed by atoms with van der Waals surface area (Å²) in [4.78, 5) is 12.2. The van der Waals surface area contributed by atoms with Crippen molar-refractivity contribution in [3.8, 4) is 0 Å². The summed E-state index contributed by atoms with van der Waals surface area (Å²) in [6.45, 7) is 5.64. The van der Waals surface area contributed by atoms with Crippen LogP contribution >= 0.6 is 0 Å². The number of nitrogens with one attached hydrogen (secondary N) is 1. The van der Waals surface area contributed by atoms with Crippen LogP contribution in [0.3, 0.4) is 0 Å². The minimum absolute atomic E-state index is 0.167. The van der Waals surface area contributed by atoms with Crippen molar-refractivity contribution in [1.82, 2.24) is 19.9 Å². The third-order valence-corrected chi connectivity index (χ3v) is 3.36. The molecular weight excluding hydrogens is 254 g/mol. The zero-order chi connectivity index (χ0) is 14.8. The standard InChI is InChI=1S/C14H21N5O/c1-4-8-14(3,15)13(20)16-10(2)12-18-17-11-7-5-6-9-19(11)12/h5-7,9-10H,4,8,15H2,1-3H3,(H,16,20). The molecule has 0 aliphatic carbocycles. The number of hydrogen-bond acceptors (Lipinski definition) is 4. The van der Waals surface area contributed by atoms with Crippen LogP contribution in [0.25, 0.3) is 5.65 Å². The van der Waals surface area contributed by atoms with Gasteiger partial charge in [-0.1, -0.05) is 19.4 Å². The van der Waals surface area contributed by atoms with Crippen LogP contribution in [0.15, 0.2) is 24.4 Å². The Balaban J connectivity index is 2.16. The van der Waals surface area contributed by atoms with E-state index in [1.165, 1.54) is 0 Å². The van der Waals surface area contributed by atoms with Gasteiger partial charge in [0.2, 0.25) is 5.91 Å². The van der Waals surface area contributed by atoms with Gasteiger partial charge in [0.05, 0.1) is 11.6 Å². The number of aromatic nitrogens is 3. The first-order valence-corrected chi connectivity index (χ1v) is 6.85. The second-order valence-electron chi connectivity index (χ2n) is 5.35. The molecule has 2 heterocycles. The van der Waals surface area contributed by atoms with Gasteiger partial charge >= 0.3 is 0 Å². The molecule has 0 bridgehead atoms. The van der Waals surface area contributed by atoms with Crippen molar-refractivity contribution in [2.45, 2.75) is 45.2 Å². The highest BCUT2D eigenvalue weighted by Gasteiger charge is 2.29. The second-order valence-corrected chi connectivity index (χ2v) is 5.35. The lowest BCUT2D eigenvalue weighted by Gasteiger charge is -2.24. The molecule has 2 aromatic heterocycles. The van der Waals surface area contributed by atoms with E-state index in [0.717, 1.165) is 12.1 Å². The van der Waals surface area contributed by atoms with Crippen molar-refractivity contribution >= 4 is 11.6 Å². The zero-order valence-electron chi connectivity index (χ0n) is 12.1. The molecule has 0 saturated heterocycles. The summed E-state index contributed by atoms with van der Waals surface area (Å²) in [5.74, 6) is 0.528. The van der Waals surface area contributed by atoms with Crippen LogP contribution in [0.5, 0.6) is 0 Å². The molecule has 6 heteroatoms. The fourth-order valence-electron chi connectivity index (χ4n) is 2.21. The first-order chi connectivity index (χ1) is 9.45. The molecule has 3 N–H and O–H groups in total. The van der Waals surface area contributed by atoms with Crippen LogP contribution in [0, 0.1) is 0 Å². The number of carbonyl (C=O) groups excluding carboxylic acids is 1. The molecule has 2 atom stereocenters. The fraction of sp³-hybridized carbons (Fsp3) is 0.500. The molecular formula is C14H21N5O. The summed E-state index contributed by atoms with van der Waals surface area (Å²) in [5.41, 5.74) is 5.93. The minimum atomic E-state index is -0.858. The van der Waals surface area contributed by atoms with Gasteiger partial charge in [0.15, 0.2) is 11.5 Å². The molecule has 0 spiro atoms. The Kier molecular flexibility index (Phi) is 4.04. The maximum Gasteiger partial charge on any atom is 0.240 e. The molecule has 0 aromatic carbocycles. The number of carbonyl (C=O) groups is 1. The quantitative estimate of drug-likeness (QED) is 0.864. The maximum atomic E-state index is 12.2. The Hall–Kier alpha value is -1.95. The molecule has 0 saturated carbocycles. The van der Waals surface area contributed by atoms with Crippen molar-refractivity contribution in [2.24, 2.45) is 5.73 Å². The molecule has 108 valence electrons. The molecule has 6 nitrogen and oxygen atoms in total. The number of amides is 1. The summed E-state index contributed by atoms with van der Waals surface area (Å²) < 4.78 is 1.86. The Bertz CT molecular complexity index is 604. The van der Waals surface area contributed by atoms with Gasteiger partial charge in [0, 0.05) is 6.20 Å². The van der Waals surface area contributed by atoms with E-state index in [1.54, 1.807) is 6.92 Å². The third kappa shape index (κ3) is 2.80. The predicted molar refractivity (Wildman–Crippen MR) is 77.0 cm³/mol. The van der Waals surface area contributed by atoms with Crippen LogP contribution in [-0.2, 0) is 4.79 Å². The normalized spacial score (nSPS) is 15.8. The molecule has 0 aliphatic heterocycles. The Morgan fingerprint density at radius 1 is 1.50 bits per heavy atom. The molecule has 2 aromatic rings. The molecule has 2 unspecified atom stereocenters. The summed E-state index contributed by atoms with van der Waals surface area (Å²) in [6.07, 6.45) is 3.38. The Morgan fingerprint density at radius 3 is 2.95 bits per heavy atom. The van der Waals surface area contributed by atoms with Crippen LogP contribution in [0.4, 0.5) is 0 Å². The first-order valence-electron chi connectivity index (χ1n) is 6.85. The van der Waals surface area contributed by atoms with E-state index >= 15 is 0 Å². The molecule has 0 aliphatic rings. The number of hydrogen-bond donors (Lipinski definition) is 2. The van der Waals surface area contributed by atoms with Crippen LogP contribution in [0.2, 0.25) is 0 Å². The van der Waals surface area contributed by atoms with Gasteiger partial charge in [-0.15, -0.1) is 10.2 Å². The topological polar surface area (TPSA) is 85.3 Å². The summed E-state index contributed by atoms with van der Waals surface area (Å²) in [7, 11) is 0.